The number of anilines is 1. The van der Waals surface area contributed by atoms with Crippen molar-refractivity contribution in [2.45, 2.75) is 71.1 Å². The van der Waals surface area contributed by atoms with Gasteiger partial charge in [-0.05, 0) is 26.2 Å². The molecule has 1 aromatic rings. The molecule has 0 amide bonds. The standard InChI is InChI=1S/C16H27N3O/c1-3-4-5-6-7-8-11-20-16-12(2)14(17)18-15(19-16)13-9-10-13/h13H,3-11H2,1-2H3,(H2,17,18,19). The normalized spacial score (nSPS) is 14.5. The summed E-state index contributed by atoms with van der Waals surface area (Å²) in [7, 11) is 0. The molecule has 4 heteroatoms. The monoisotopic (exact) mass is 277 g/mol. The number of rotatable bonds is 9. The summed E-state index contributed by atoms with van der Waals surface area (Å²) in [5.74, 6) is 2.63. The second kappa shape index (κ2) is 7.46. The van der Waals surface area contributed by atoms with E-state index in [2.05, 4.69) is 16.9 Å². The minimum absolute atomic E-state index is 0.509. The van der Waals surface area contributed by atoms with Crippen molar-refractivity contribution in [1.82, 2.24) is 9.97 Å². The van der Waals surface area contributed by atoms with E-state index in [4.69, 9.17) is 10.5 Å². The molecule has 0 saturated heterocycles. The average molecular weight is 277 g/mol. The Bertz CT molecular complexity index is 430. The number of nitrogens with zero attached hydrogens (tertiary/aromatic N) is 2. The Balaban J connectivity index is 1.77. The fraction of sp³-hybridized carbons (Fsp3) is 0.750. The first kappa shape index (κ1) is 15.1. The van der Waals surface area contributed by atoms with Gasteiger partial charge in [-0.1, -0.05) is 39.0 Å². The van der Waals surface area contributed by atoms with E-state index in [1.807, 2.05) is 6.92 Å². The first-order valence-electron chi connectivity index (χ1n) is 7.99. The van der Waals surface area contributed by atoms with E-state index in [1.54, 1.807) is 0 Å². The van der Waals surface area contributed by atoms with Crippen LogP contribution in [0, 0.1) is 6.92 Å². The Morgan fingerprint density at radius 3 is 2.50 bits per heavy atom. The molecule has 112 valence electrons. The summed E-state index contributed by atoms with van der Waals surface area (Å²) < 4.78 is 5.81. The number of aromatic nitrogens is 2. The van der Waals surface area contributed by atoms with Crippen LogP contribution in [-0.2, 0) is 0 Å². The molecule has 20 heavy (non-hydrogen) atoms. The average Bonchev–Trinajstić information content (AvgIpc) is 3.26. The number of hydrogen-bond acceptors (Lipinski definition) is 4. The smallest absolute Gasteiger partial charge is 0.221 e. The Hall–Kier alpha value is -1.32. The van der Waals surface area contributed by atoms with Crippen molar-refractivity contribution in [2.75, 3.05) is 12.3 Å². The topological polar surface area (TPSA) is 61.0 Å². The van der Waals surface area contributed by atoms with E-state index in [1.165, 1.54) is 44.9 Å². The zero-order valence-electron chi connectivity index (χ0n) is 12.8. The molecule has 0 radical (unpaired) electrons. The fourth-order valence-corrected chi connectivity index (χ4v) is 2.25. The number of nitrogen functional groups attached to an aromatic ring is 1. The zero-order valence-corrected chi connectivity index (χ0v) is 12.8. The van der Waals surface area contributed by atoms with Gasteiger partial charge in [0, 0.05) is 5.92 Å². The summed E-state index contributed by atoms with van der Waals surface area (Å²) in [6.45, 7) is 4.90. The molecule has 4 nitrogen and oxygen atoms in total. The van der Waals surface area contributed by atoms with Gasteiger partial charge in [0.25, 0.3) is 0 Å². The maximum absolute atomic E-state index is 5.94. The third kappa shape index (κ3) is 4.36. The molecule has 1 aliphatic carbocycles. The van der Waals surface area contributed by atoms with Crippen LogP contribution < -0.4 is 10.5 Å². The summed E-state index contributed by atoms with van der Waals surface area (Å²) in [6, 6.07) is 0. The number of hydrogen-bond donors (Lipinski definition) is 1. The molecule has 0 aromatic carbocycles. The van der Waals surface area contributed by atoms with Gasteiger partial charge in [0.05, 0.1) is 12.2 Å². The van der Waals surface area contributed by atoms with Gasteiger partial charge >= 0.3 is 0 Å². The lowest BCUT2D eigenvalue weighted by Crippen LogP contribution is -2.07. The van der Waals surface area contributed by atoms with Crippen molar-refractivity contribution in [3.05, 3.63) is 11.4 Å². The third-order valence-corrected chi connectivity index (χ3v) is 3.84. The lowest BCUT2D eigenvalue weighted by molar-refractivity contribution is 0.290. The predicted octanol–water partition coefficient (Wildman–Crippen LogP) is 3.98. The Morgan fingerprint density at radius 1 is 1.10 bits per heavy atom. The van der Waals surface area contributed by atoms with E-state index in [0.717, 1.165) is 24.4 Å². The van der Waals surface area contributed by atoms with Crippen LogP contribution in [0.15, 0.2) is 0 Å². The predicted molar refractivity (Wildman–Crippen MR) is 82.0 cm³/mol. The lowest BCUT2D eigenvalue weighted by Gasteiger charge is -2.11. The van der Waals surface area contributed by atoms with E-state index in [9.17, 15) is 0 Å². The number of unbranched alkanes of at least 4 members (excludes halogenated alkanes) is 5. The van der Waals surface area contributed by atoms with Crippen LogP contribution in [0.3, 0.4) is 0 Å². The van der Waals surface area contributed by atoms with E-state index in [-0.39, 0.29) is 0 Å². The van der Waals surface area contributed by atoms with Gasteiger partial charge in [-0.2, -0.15) is 4.98 Å². The van der Waals surface area contributed by atoms with Gasteiger partial charge in [0.15, 0.2) is 0 Å². The van der Waals surface area contributed by atoms with Crippen LogP contribution in [0.4, 0.5) is 5.82 Å². The van der Waals surface area contributed by atoms with Gasteiger partial charge in [0.2, 0.25) is 5.88 Å². The Morgan fingerprint density at radius 2 is 1.80 bits per heavy atom. The van der Waals surface area contributed by atoms with Gasteiger partial charge in [0.1, 0.15) is 11.6 Å². The van der Waals surface area contributed by atoms with Crippen molar-refractivity contribution in [3.63, 3.8) is 0 Å². The zero-order chi connectivity index (χ0) is 14.4. The van der Waals surface area contributed by atoms with Crippen LogP contribution in [0.5, 0.6) is 5.88 Å². The molecular weight excluding hydrogens is 250 g/mol. The minimum Gasteiger partial charge on any atom is -0.477 e. The maximum Gasteiger partial charge on any atom is 0.221 e. The second-order valence-corrected chi connectivity index (χ2v) is 5.79. The number of ether oxygens (including phenoxy) is 1. The van der Waals surface area contributed by atoms with Crippen molar-refractivity contribution in [1.29, 1.82) is 0 Å². The highest BCUT2D eigenvalue weighted by Gasteiger charge is 2.28. The lowest BCUT2D eigenvalue weighted by atomic mass is 10.1. The molecule has 0 spiro atoms. The molecule has 0 unspecified atom stereocenters. The minimum atomic E-state index is 0.509. The fourth-order valence-electron chi connectivity index (χ4n) is 2.25. The maximum atomic E-state index is 5.94. The highest BCUT2D eigenvalue weighted by Crippen LogP contribution is 2.39. The van der Waals surface area contributed by atoms with E-state index in [0.29, 0.717) is 17.6 Å². The van der Waals surface area contributed by atoms with Crippen LogP contribution >= 0.6 is 0 Å². The van der Waals surface area contributed by atoms with Gasteiger partial charge in [-0.3, -0.25) is 0 Å². The van der Waals surface area contributed by atoms with Gasteiger partial charge in [-0.25, -0.2) is 4.98 Å². The van der Waals surface area contributed by atoms with Gasteiger partial charge < -0.3 is 10.5 Å². The molecule has 1 aromatic heterocycles. The highest BCUT2D eigenvalue weighted by molar-refractivity contribution is 5.45. The third-order valence-electron chi connectivity index (χ3n) is 3.84. The van der Waals surface area contributed by atoms with E-state index >= 15 is 0 Å². The first-order valence-corrected chi connectivity index (χ1v) is 7.99. The van der Waals surface area contributed by atoms with Crippen molar-refractivity contribution in [2.24, 2.45) is 0 Å². The number of nitrogens with two attached hydrogens (primary N) is 1. The molecular formula is C16H27N3O. The SMILES string of the molecule is CCCCCCCCOc1nc(C2CC2)nc(N)c1C. The van der Waals surface area contributed by atoms with Crippen LogP contribution in [-0.4, -0.2) is 16.6 Å². The quantitative estimate of drug-likeness (QED) is 0.693. The summed E-state index contributed by atoms with van der Waals surface area (Å²) in [5.41, 5.74) is 6.82. The molecule has 2 N–H and O–H groups in total. The summed E-state index contributed by atoms with van der Waals surface area (Å²) in [6.07, 6.45) is 9.95. The van der Waals surface area contributed by atoms with Crippen molar-refractivity contribution >= 4 is 5.82 Å². The highest BCUT2D eigenvalue weighted by atomic mass is 16.5. The van der Waals surface area contributed by atoms with Crippen molar-refractivity contribution in [3.8, 4) is 5.88 Å². The van der Waals surface area contributed by atoms with Crippen LogP contribution in [0.25, 0.3) is 0 Å². The Kier molecular flexibility index (Phi) is 5.62. The first-order chi connectivity index (χ1) is 9.72. The van der Waals surface area contributed by atoms with Gasteiger partial charge in [-0.15, -0.1) is 0 Å². The largest absolute Gasteiger partial charge is 0.477 e. The molecule has 2 rings (SSSR count). The summed E-state index contributed by atoms with van der Waals surface area (Å²) in [5, 5.41) is 0. The summed E-state index contributed by atoms with van der Waals surface area (Å²) >= 11 is 0. The molecule has 0 bridgehead atoms. The molecule has 1 aliphatic rings. The molecule has 0 aliphatic heterocycles. The van der Waals surface area contributed by atoms with Crippen molar-refractivity contribution < 1.29 is 4.74 Å². The second-order valence-electron chi connectivity index (χ2n) is 5.79. The van der Waals surface area contributed by atoms with E-state index < -0.39 is 0 Å². The molecule has 0 atom stereocenters. The Labute approximate surface area is 122 Å². The van der Waals surface area contributed by atoms with Crippen LogP contribution in [0.1, 0.15) is 75.6 Å². The molecule has 1 fully saturated rings. The molecule has 1 heterocycles. The van der Waals surface area contributed by atoms with Crippen LogP contribution in [0.2, 0.25) is 0 Å². The summed E-state index contributed by atoms with van der Waals surface area (Å²) in [4.78, 5) is 8.89. The molecule has 1 saturated carbocycles.